The molecule has 0 unspecified atom stereocenters. The lowest BCUT2D eigenvalue weighted by atomic mass is 10.1. The first kappa shape index (κ1) is 21.8. The van der Waals surface area contributed by atoms with Gasteiger partial charge in [-0.05, 0) is 49.4 Å². The first-order chi connectivity index (χ1) is 14.0. The molecule has 3 rings (SSSR count). The van der Waals surface area contributed by atoms with Crippen LogP contribution in [0, 0.1) is 0 Å². The Balaban J connectivity index is 1.65. The van der Waals surface area contributed by atoms with Crippen LogP contribution in [0.4, 0.5) is 0 Å². The molecule has 2 aromatic rings. The van der Waals surface area contributed by atoms with Gasteiger partial charge in [0.1, 0.15) is 0 Å². The van der Waals surface area contributed by atoms with Gasteiger partial charge in [0, 0.05) is 19.6 Å². The van der Waals surface area contributed by atoms with Crippen LogP contribution in [-0.4, -0.2) is 38.3 Å². The minimum Gasteiger partial charge on any atom is -0.352 e. The maximum atomic E-state index is 13.0. The Bertz CT molecular complexity index is 924. The number of benzene rings is 2. The van der Waals surface area contributed by atoms with E-state index in [4.69, 9.17) is 11.6 Å². The molecule has 1 N–H and O–H groups in total. The van der Waals surface area contributed by atoms with E-state index in [0.717, 1.165) is 38.5 Å². The molecule has 1 heterocycles. The molecular formula is C22H27ClN2O3S. The van der Waals surface area contributed by atoms with E-state index < -0.39 is 10.0 Å². The lowest BCUT2D eigenvalue weighted by molar-refractivity contribution is 0.0953. The van der Waals surface area contributed by atoms with Gasteiger partial charge < -0.3 is 5.32 Å². The third-order valence-corrected chi connectivity index (χ3v) is 7.38. The first-order valence-corrected chi connectivity index (χ1v) is 11.9. The van der Waals surface area contributed by atoms with Gasteiger partial charge in [0.05, 0.1) is 15.5 Å². The minimum absolute atomic E-state index is 0.123. The fraction of sp³-hybridized carbons (Fsp3) is 0.409. The molecule has 0 saturated carbocycles. The Morgan fingerprint density at radius 1 is 1.00 bits per heavy atom. The molecule has 0 atom stereocenters. The zero-order valence-corrected chi connectivity index (χ0v) is 18.0. The number of amides is 1. The van der Waals surface area contributed by atoms with E-state index >= 15 is 0 Å². The summed E-state index contributed by atoms with van der Waals surface area (Å²) in [7, 11) is -3.62. The van der Waals surface area contributed by atoms with E-state index in [0.29, 0.717) is 19.6 Å². The van der Waals surface area contributed by atoms with Crippen LogP contribution < -0.4 is 5.32 Å². The van der Waals surface area contributed by atoms with Crippen LogP contribution in [0.15, 0.2) is 53.4 Å². The molecule has 0 aliphatic carbocycles. The second-order valence-corrected chi connectivity index (χ2v) is 9.65. The van der Waals surface area contributed by atoms with Crippen molar-refractivity contribution in [1.29, 1.82) is 0 Å². The van der Waals surface area contributed by atoms with Crippen molar-refractivity contribution in [2.75, 3.05) is 19.6 Å². The molecule has 1 aliphatic rings. The van der Waals surface area contributed by atoms with Crippen molar-refractivity contribution in [2.45, 2.75) is 43.4 Å². The van der Waals surface area contributed by atoms with E-state index in [9.17, 15) is 13.2 Å². The normalized spacial score (nSPS) is 15.6. The summed E-state index contributed by atoms with van der Waals surface area (Å²) in [5, 5.41) is 3.10. The van der Waals surface area contributed by atoms with Crippen molar-refractivity contribution in [3.63, 3.8) is 0 Å². The van der Waals surface area contributed by atoms with Crippen molar-refractivity contribution < 1.29 is 13.2 Å². The highest BCUT2D eigenvalue weighted by Gasteiger charge is 2.26. The summed E-state index contributed by atoms with van der Waals surface area (Å²) >= 11 is 6.19. The van der Waals surface area contributed by atoms with Gasteiger partial charge in [-0.1, -0.05) is 54.8 Å². The predicted octanol–water partition coefficient (Wildman–Crippen LogP) is 4.27. The Hall–Kier alpha value is -1.89. The molecule has 156 valence electrons. The average Bonchev–Trinajstić information content (AvgIpc) is 3.02. The quantitative estimate of drug-likeness (QED) is 0.662. The maximum absolute atomic E-state index is 13.0. The lowest BCUT2D eigenvalue weighted by Gasteiger charge is -2.20. The Kier molecular flexibility index (Phi) is 7.70. The fourth-order valence-corrected chi connectivity index (χ4v) is 5.25. The molecular weight excluding hydrogens is 408 g/mol. The van der Waals surface area contributed by atoms with E-state index in [1.807, 2.05) is 18.2 Å². The third-order valence-electron chi connectivity index (χ3n) is 5.16. The second-order valence-electron chi connectivity index (χ2n) is 7.31. The van der Waals surface area contributed by atoms with Gasteiger partial charge in [-0.15, -0.1) is 0 Å². The fourth-order valence-electron chi connectivity index (χ4n) is 3.50. The monoisotopic (exact) mass is 434 g/mol. The van der Waals surface area contributed by atoms with Gasteiger partial charge >= 0.3 is 0 Å². The predicted molar refractivity (Wildman–Crippen MR) is 116 cm³/mol. The summed E-state index contributed by atoms with van der Waals surface area (Å²) in [6, 6.07) is 14.4. The van der Waals surface area contributed by atoms with E-state index in [1.165, 1.54) is 28.1 Å². The number of sulfonamides is 1. The van der Waals surface area contributed by atoms with E-state index in [1.54, 1.807) is 0 Å². The SMILES string of the molecule is O=C(NCCCc1ccccc1)c1cc(S(=O)(=O)N2CCCCCC2)ccc1Cl. The first-order valence-electron chi connectivity index (χ1n) is 10.1. The van der Waals surface area contributed by atoms with Crippen LogP contribution in [0.3, 0.4) is 0 Å². The second kappa shape index (κ2) is 10.2. The molecule has 2 aromatic carbocycles. The van der Waals surface area contributed by atoms with Crippen LogP contribution in [-0.2, 0) is 16.4 Å². The number of nitrogens with zero attached hydrogens (tertiary/aromatic N) is 1. The van der Waals surface area contributed by atoms with Crippen molar-refractivity contribution >= 4 is 27.5 Å². The molecule has 0 radical (unpaired) electrons. The van der Waals surface area contributed by atoms with E-state index in [-0.39, 0.29) is 21.4 Å². The summed E-state index contributed by atoms with van der Waals surface area (Å²) in [6.07, 6.45) is 5.47. The van der Waals surface area contributed by atoms with Gasteiger partial charge in [0.2, 0.25) is 10.0 Å². The van der Waals surface area contributed by atoms with Gasteiger partial charge in [-0.25, -0.2) is 8.42 Å². The number of carbonyl (C=O) groups excluding carboxylic acids is 1. The zero-order chi connectivity index (χ0) is 20.7. The van der Waals surface area contributed by atoms with Crippen LogP contribution in [0.25, 0.3) is 0 Å². The highest BCUT2D eigenvalue weighted by molar-refractivity contribution is 7.89. The highest BCUT2D eigenvalue weighted by Crippen LogP contribution is 2.25. The molecule has 0 bridgehead atoms. The third kappa shape index (κ3) is 5.81. The Morgan fingerprint density at radius 2 is 1.69 bits per heavy atom. The summed E-state index contributed by atoms with van der Waals surface area (Å²) in [5.74, 6) is -0.351. The molecule has 0 aromatic heterocycles. The van der Waals surface area contributed by atoms with Gasteiger partial charge in [-0.3, -0.25) is 4.79 Å². The van der Waals surface area contributed by atoms with Gasteiger partial charge in [0.25, 0.3) is 5.91 Å². The standard InChI is InChI=1S/C22H27ClN2O3S/c23-21-13-12-19(29(27,28)25-15-6-1-2-7-16-25)17-20(21)22(26)24-14-8-11-18-9-4-3-5-10-18/h3-5,9-10,12-13,17H,1-2,6-8,11,14-16H2,(H,24,26). The average molecular weight is 435 g/mol. The number of carbonyl (C=O) groups is 1. The number of rotatable bonds is 7. The van der Waals surface area contributed by atoms with Crippen molar-refractivity contribution in [3.05, 3.63) is 64.7 Å². The Morgan fingerprint density at radius 3 is 2.38 bits per heavy atom. The largest absolute Gasteiger partial charge is 0.352 e. The van der Waals surface area contributed by atoms with Crippen molar-refractivity contribution in [3.8, 4) is 0 Å². The van der Waals surface area contributed by atoms with Gasteiger partial charge in [-0.2, -0.15) is 4.31 Å². The molecule has 1 amide bonds. The summed E-state index contributed by atoms with van der Waals surface area (Å²) in [5.41, 5.74) is 1.41. The molecule has 1 fully saturated rings. The van der Waals surface area contributed by atoms with E-state index in [2.05, 4.69) is 17.4 Å². The zero-order valence-electron chi connectivity index (χ0n) is 16.4. The number of hydrogen-bond donors (Lipinski definition) is 1. The smallest absolute Gasteiger partial charge is 0.252 e. The van der Waals surface area contributed by atoms with Crippen LogP contribution in [0.5, 0.6) is 0 Å². The molecule has 7 heteroatoms. The number of nitrogens with one attached hydrogen (secondary N) is 1. The number of aryl methyl sites for hydroxylation is 1. The lowest BCUT2D eigenvalue weighted by Crippen LogP contribution is -2.32. The van der Waals surface area contributed by atoms with Crippen LogP contribution in [0.2, 0.25) is 5.02 Å². The summed E-state index contributed by atoms with van der Waals surface area (Å²) in [4.78, 5) is 12.7. The topological polar surface area (TPSA) is 66.5 Å². The minimum atomic E-state index is -3.62. The molecule has 1 aliphatic heterocycles. The summed E-state index contributed by atoms with van der Waals surface area (Å²) < 4.78 is 27.5. The van der Waals surface area contributed by atoms with Crippen molar-refractivity contribution in [2.24, 2.45) is 0 Å². The van der Waals surface area contributed by atoms with Crippen LogP contribution in [0.1, 0.15) is 48.0 Å². The molecule has 0 spiro atoms. The maximum Gasteiger partial charge on any atom is 0.252 e. The highest BCUT2D eigenvalue weighted by atomic mass is 35.5. The van der Waals surface area contributed by atoms with Gasteiger partial charge in [0.15, 0.2) is 0 Å². The number of halogens is 1. The number of hydrogen-bond acceptors (Lipinski definition) is 3. The van der Waals surface area contributed by atoms with Crippen LogP contribution >= 0.6 is 11.6 Å². The molecule has 29 heavy (non-hydrogen) atoms. The van der Waals surface area contributed by atoms with Crippen molar-refractivity contribution in [1.82, 2.24) is 9.62 Å². The Labute approximate surface area is 178 Å². The molecule has 1 saturated heterocycles. The summed E-state index contributed by atoms with van der Waals surface area (Å²) in [6.45, 7) is 1.53. The molecule has 5 nitrogen and oxygen atoms in total.